The van der Waals surface area contributed by atoms with Crippen LogP contribution < -0.4 is 10.6 Å². The lowest BCUT2D eigenvalue weighted by molar-refractivity contribution is 0.254. The third kappa shape index (κ3) is 2.35. The Morgan fingerprint density at radius 1 is 1.67 bits per heavy atom. The van der Waals surface area contributed by atoms with Crippen LogP contribution in [-0.4, -0.2) is 23.3 Å². The highest BCUT2D eigenvalue weighted by atomic mass is 35.5. The van der Waals surface area contributed by atoms with Crippen molar-refractivity contribution in [2.45, 2.75) is 0 Å². The maximum Gasteiger partial charge on any atom is 0.320 e. The van der Waals surface area contributed by atoms with E-state index in [0.29, 0.717) is 10.8 Å². The Kier molecular flexibility index (Phi) is 2.82. The molecule has 1 aromatic heterocycles. The van der Waals surface area contributed by atoms with Crippen LogP contribution in [0.5, 0.6) is 0 Å². The molecule has 2 N–H and O–H groups in total. The van der Waals surface area contributed by atoms with Gasteiger partial charge in [0, 0.05) is 13.1 Å². The zero-order valence-corrected chi connectivity index (χ0v) is 7.09. The Balaban J connectivity index is 2.69. The molecule has 0 radical (unpaired) electrons. The number of carbonyl (C=O) groups excluding carboxylic acids is 1. The van der Waals surface area contributed by atoms with Gasteiger partial charge in [-0.15, -0.1) is 5.10 Å². The molecule has 5 nitrogen and oxygen atoms in total. The highest BCUT2D eigenvalue weighted by Crippen LogP contribution is 2.09. The summed E-state index contributed by atoms with van der Waals surface area (Å²) in [6.07, 6.45) is 1.39. The van der Waals surface area contributed by atoms with Gasteiger partial charge in [-0.1, -0.05) is 11.6 Å². The molecule has 0 saturated heterocycles. The van der Waals surface area contributed by atoms with Crippen LogP contribution in [0, 0.1) is 0 Å². The van der Waals surface area contributed by atoms with E-state index < -0.39 is 0 Å². The summed E-state index contributed by atoms with van der Waals surface area (Å²) >= 11 is 5.60. The van der Waals surface area contributed by atoms with Gasteiger partial charge in [-0.05, 0) is 0 Å². The van der Waals surface area contributed by atoms with Crippen LogP contribution in [-0.2, 0) is 0 Å². The summed E-state index contributed by atoms with van der Waals surface area (Å²) in [5, 5.41) is 12.4. The van der Waals surface area contributed by atoms with Gasteiger partial charge < -0.3 is 5.32 Å². The molecule has 1 heterocycles. The lowest BCUT2D eigenvalue weighted by Crippen LogP contribution is -2.25. The second kappa shape index (κ2) is 3.87. The first-order valence-corrected chi connectivity index (χ1v) is 3.57. The fourth-order valence-electron chi connectivity index (χ4n) is 0.583. The molecule has 0 aromatic carbocycles. The zero-order valence-electron chi connectivity index (χ0n) is 6.34. The van der Waals surface area contributed by atoms with Crippen molar-refractivity contribution in [1.82, 2.24) is 15.5 Å². The smallest absolute Gasteiger partial charge is 0.320 e. The molecule has 0 saturated carbocycles. The number of nitrogens with one attached hydrogen (secondary N) is 2. The molecular formula is C6H7ClN4O. The van der Waals surface area contributed by atoms with E-state index in [0.717, 1.165) is 0 Å². The summed E-state index contributed by atoms with van der Waals surface area (Å²) in [4.78, 5) is 10.8. The normalized spacial score (nSPS) is 9.17. The Morgan fingerprint density at radius 3 is 3.00 bits per heavy atom. The summed E-state index contributed by atoms with van der Waals surface area (Å²) in [5.74, 6) is 0.321. The number of nitrogens with zero attached hydrogens (tertiary/aromatic N) is 2. The Hall–Kier alpha value is -1.36. The molecule has 0 bridgehead atoms. The van der Waals surface area contributed by atoms with Crippen molar-refractivity contribution in [1.29, 1.82) is 0 Å². The van der Waals surface area contributed by atoms with Crippen LogP contribution in [0.15, 0.2) is 12.3 Å². The van der Waals surface area contributed by atoms with E-state index in [1.807, 2.05) is 0 Å². The number of rotatable bonds is 1. The van der Waals surface area contributed by atoms with E-state index >= 15 is 0 Å². The van der Waals surface area contributed by atoms with Crippen molar-refractivity contribution in [3.63, 3.8) is 0 Å². The third-order valence-electron chi connectivity index (χ3n) is 1.09. The maximum atomic E-state index is 10.8. The highest BCUT2D eigenvalue weighted by Gasteiger charge is 1.99. The largest absolute Gasteiger partial charge is 0.341 e. The molecule has 0 aliphatic heterocycles. The number of amides is 2. The van der Waals surface area contributed by atoms with E-state index in [4.69, 9.17) is 11.6 Å². The first-order chi connectivity index (χ1) is 5.72. The van der Waals surface area contributed by atoms with E-state index in [9.17, 15) is 4.79 Å². The molecule has 0 aliphatic rings. The van der Waals surface area contributed by atoms with Gasteiger partial charge in [-0.3, -0.25) is 5.32 Å². The Bertz CT molecular complexity index is 291. The number of urea groups is 1. The summed E-state index contributed by atoms with van der Waals surface area (Å²) in [7, 11) is 1.51. The van der Waals surface area contributed by atoms with Crippen molar-refractivity contribution in [3.8, 4) is 0 Å². The van der Waals surface area contributed by atoms with Gasteiger partial charge in [0.05, 0.1) is 11.2 Å². The standard InChI is InChI=1S/C6H7ClN4O/c1-8-6(12)10-5-2-4(7)3-9-11-5/h2-3H,1H3,(H2,8,10,11,12). The molecule has 1 rings (SSSR count). The third-order valence-corrected chi connectivity index (χ3v) is 1.30. The molecule has 1 aromatic rings. The Labute approximate surface area is 74.1 Å². The highest BCUT2D eigenvalue weighted by molar-refractivity contribution is 6.30. The van der Waals surface area contributed by atoms with E-state index in [1.165, 1.54) is 19.3 Å². The van der Waals surface area contributed by atoms with Crippen LogP contribution in [0.1, 0.15) is 0 Å². The first-order valence-electron chi connectivity index (χ1n) is 3.19. The van der Waals surface area contributed by atoms with Crippen LogP contribution in [0.2, 0.25) is 5.02 Å². The van der Waals surface area contributed by atoms with Gasteiger partial charge in [0.15, 0.2) is 5.82 Å². The Morgan fingerprint density at radius 2 is 2.42 bits per heavy atom. The molecule has 0 unspecified atom stereocenters. The molecule has 6 heteroatoms. The molecule has 0 spiro atoms. The number of hydrogen-bond donors (Lipinski definition) is 2. The van der Waals surface area contributed by atoms with Gasteiger partial charge in [-0.25, -0.2) is 4.79 Å². The van der Waals surface area contributed by atoms with Crippen molar-refractivity contribution in [2.75, 3.05) is 12.4 Å². The van der Waals surface area contributed by atoms with Gasteiger partial charge in [0.1, 0.15) is 0 Å². The fourth-order valence-corrected chi connectivity index (χ4v) is 0.730. The first kappa shape index (κ1) is 8.73. The quantitative estimate of drug-likeness (QED) is 0.684. The predicted molar refractivity (Wildman–Crippen MR) is 45.1 cm³/mol. The predicted octanol–water partition coefficient (Wildman–Crippen LogP) is 0.881. The summed E-state index contributed by atoms with van der Waals surface area (Å²) < 4.78 is 0. The van der Waals surface area contributed by atoms with Gasteiger partial charge in [0.25, 0.3) is 0 Å². The average molecular weight is 187 g/mol. The topological polar surface area (TPSA) is 66.9 Å². The van der Waals surface area contributed by atoms with Crippen molar-refractivity contribution >= 4 is 23.4 Å². The van der Waals surface area contributed by atoms with E-state index in [1.54, 1.807) is 0 Å². The van der Waals surface area contributed by atoms with Crippen LogP contribution in [0.25, 0.3) is 0 Å². The molecule has 0 aliphatic carbocycles. The van der Waals surface area contributed by atoms with Crippen molar-refractivity contribution < 1.29 is 4.79 Å². The summed E-state index contributed by atoms with van der Waals surface area (Å²) in [6, 6.07) is 1.15. The minimum atomic E-state index is -0.355. The van der Waals surface area contributed by atoms with E-state index in [2.05, 4.69) is 20.8 Å². The maximum absolute atomic E-state index is 10.8. The molecular weight excluding hydrogens is 180 g/mol. The number of hydrogen-bond acceptors (Lipinski definition) is 3. The number of anilines is 1. The van der Waals surface area contributed by atoms with Gasteiger partial charge >= 0.3 is 6.03 Å². The van der Waals surface area contributed by atoms with Crippen LogP contribution in [0.4, 0.5) is 10.6 Å². The lowest BCUT2D eigenvalue weighted by atomic mass is 10.5. The minimum absolute atomic E-state index is 0.321. The lowest BCUT2D eigenvalue weighted by Gasteiger charge is -2.01. The van der Waals surface area contributed by atoms with E-state index in [-0.39, 0.29) is 6.03 Å². The number of carbonyl (C=O) groups is 1. The zero-order chi connectivity index (χ0) is 8.97. The summed E-state index contributed by atoms with van der Waals surface area (Å²) in [5.41, 5.74) is 0. The number of aromatic nitrogens is 2. The van der Waals surface area contributed by atoms with Gasteiger partial charge in [0.2, 0.25) is 0 Å². The molecule has 12 heavy (non-hydrogen) atoms. The van der Waals surface area contributed by atoms with Crippen molar-refractivity contribution in [3.05, 3.63) is 17.3 Å². The van der Waals surface area contributed by atoms with Crippen LogP contribution >= 0.6 is 11.6 Å². The van der Waals surface area contributed by atoms with Gasteiger partial charge in [-0.2, -0.15) is 5.10 Å². The number of halogens is 1. The second-order valence-electron chi connectivity index (χ2n) is 1.96. The molecule has 64 valence electrons. The van der Waals surface area contributed by atoms with Crippen LogP contribution in [0.3, 0.4) is 0 Å². The second-order valence-corrected chi connectivity index (χ2v) is 2.40. The monoisotopic (exact) mass is 186 g/mol. The SMILES string of the molecule is CNC(=O)Nc1cc(Cl)cnn1. The minimum Gasteiger partial charge on any atom is -0.341 e. The molecule has 2 amide bonds. The molecule has 0 atom stereocenters. The van der Waals surface area contributed by atoms with Crippen molar-refractivity contribution in [2.24, 2.45) is 0 Å². The average Bonchev–Trinajstić information content (AvgIpc) is 2.04. The fraction of sp³-hybridized carbons (Fsp3) is 0.167. The molecule has 0 fully saturated rings. The summed E-state index contributed by atoms with van der Waals surface area (Å²) in [6.45, 7) is 0.